The van der Waals surface area contributed by atoms with E-state index in [9.17, 15) is 0 Å². The molecular formula is C12H21N3O2. The third-order valence-corrected chi connectivity index (χ3v) is 2.55. The topological polar surface area (TPSA) is 56.3 Å². The summed E-state index contributed by atoms with van der Waals surface area (Å²) in [6, 6.07) is 0. The number of aromatic nitrogens is 2. The van der Waals surface area contributed by atoms with E-state index in [2.05, 4.69) is 15.3 Å². The molecule has 0 aliphatic carbocycles. The van der Waals surface area contributed by atoms with E-state index in [0.29, 0.717) is 19.0 Å². The van der Waals surface area contributed by atoms with Gasteiger partial charge in [0.2, 0.25) is 5.88 Å². The van der Waals surface area contributed by atoms with Gasteiger partial charge in [0.05, 0.1) is 30.3 Å². The van der Waals surface area contributed by atoms with Gasteiger partial charge in [0, 0.05) is 20.1 Å². The van der Waals surface area contributed by atoms with Gasteiger partial charge >= 0.3 is 0 Å². The molecule has 0 unspecified atom stereocenters. The molecule has 1 aromatic rings. The molecule has 1 heterocycles. The van der Waals surface area contributed by atoms with E-state index in [1.807, 2.05) is 20.9 Å². The van der Waals surface area contributed by atoms with E-state index >= 15 is 0 Å². The van der Waals surface area contributed by atoms with Crippen molar-refractivity contribution in [2.45, 2.75) is 32.4 Å². The number of nitrogens with one attached hydrogen (secondary N) is 1. The second kappa shape index (κ2) is 6.51. The largest absolute Gasteiger partial charge is 0.476 e. The molecule has 5 heteroatoms. The minimum Gasteiger partial charge on any atom is -0.476 e. The van der Waals surface area contributed by atoms with Gasteiger partial charge in [-0.2, -0.15) is 0 Å². The minimum atomic E-state index is -0.167. The predicted molar refractivity (Wildman–Crippen MR) is 66.0 cm³/mol. The van der Waals surface area contributed by atoms with Crippen molar-refractivity contribution in [2.75, 3.05) is 20.8 Å². The van der Waals surface area contributed by atoms with Crippen LogP contribution in [-0.4, -0.2) is 36.3 Å². The second-order valence-electron chi connectivity index (χ2n) is 4.44. The molecule has 0 amide bonds. The minimum absolute atomic E-state index is 0.167. The van der Waals surface area contributed by atoms with Crippen LogP contribution in [-0.2, 0) is 11.3 Å². The Hall–Kier alpha value is -1.20. The predicted octanol–water partition coefficient (Wildman–Crippen LogP) is 1.39. The highest BCUT2D eigenvalue weighted by Crippen LogP contribution is 2.13. The Morgan fingerprint density at radius 1 is 1.29 bits per heavy atom. The van der Waals surface area contributed by atoms with Crippen LogP contribution in [0, 0.1) is 0 Å². The molecule has 0 aliphatic heterocycles. The van der Waals surface area contributed by atoms with E-state index in [1.54, 1.807) is 19.5 Å². The fourth-order valence-corrected chi connectivity index (χ4v) is 1.19. The van der Waals surface area contributed by atoms with Crippen molar-refractivity contribution >= 4 is 0 Å². The first-order chi connectivity index (χ1) is 8.07. The zero-order chi connectivity index (χ0) is 12.7. The van der Waals surface area contributed by atoms with Crippen LogP contribution in [0.3, 0.4) is 0 Å². The van der Waals surface area contributed by atoms with Crippen LogP contribution >= 0.6 is 0 Å². The Morgan fingerprint density at radius 3 is 2.59 bits per heavy atom. The maximum absolute atomic E-state index is 5.50. The van der Waals surface area contributed by atoms with Crippen LogP contribution in [0.25, 0.3) is 0 Å². The lowest BCUT2D eigenvalue weighted by Crippen LogP contribution is -2.25. The van der Waals surface area contributed by atoms with Crippen LogP contribution in [0.2, 0.25) is 0 Å². The molecule has 0 aromatic carbocycles. The van der Waals surface area contributed by atoms with Gasteiger partial charge in [-0.3, -0.25) is 4.98 Å². The van der Waals surface area contributed by atoms with Gasteiger partial charge in [0.15, 0.2) is 0 Å². The van der Waals surface area contributed by atoms with Gasteiger partial charge in [-0.05, 0) is 20.9 Å². The van der Waals surface area contributed by atoms with Crippen molar-refractivity contribution in [2.24, 2.45) is 0 Å². The van der Waals surface area contributed by atoms with E-state index in [4.69, 9.17) is 9.47 Å². The summed E-state index contributed by atoms with van der Waals surface area (Å²) in [5, 5.41) is 3.01. The number of nitrogens with zero attached hydrogens (tertiary/aromatic N) is 2. The van der Waals surface area contributed by atoms with Gasteiger partial charge in [0.1, 0.15) is 0 Å². The number of hydrogen-bond donors (Lipinski definition) is 1. The van der Waals surface area contributed by atoms with Crippen LogP contribution < -0.4 is 10.1 Å². The highest BCUT2D eigenvalue weighted by molar-refractivity contribution is 5.07. The maximum atomic E-state index is 5.50. The summed E-state index contributed by atoms with van der Waals surface area (Å²) >= 11 is 0. The second-order valence-corrected chi connectivity index (χ2v) is 4.44. The summed E-state index contributed by atoms with van der Waals surface area (Å²) < 4.78 is 10.8. The third-order valence-electron chi connectivity index (χ3n) is 2.55. The van der Waals surface area contributed by atoms with Gasteiger partial charge < -0.3 is 14.8 Å². The molecule has 0 fully saturated rings. The molecule has 0 atom stereocenters. The van der Waals surface area contributed by atoms with Gasteiger partial charge in [-0.25, -0.2) is 4.98 Å². The number of hydrogen-bond acceptors (Lipinski definition) is 5. The first-order valence-corrected chi connectivity index (χ1v) is 5.71. The quantitative estimate of drug-likeness (QED) is 0.779. The molecule has 1 aromatic heterocycles. The Morgan fingerprint density at radius 2 is 2.06 bits per heavy atom. The monoisotopic (exact) mass is 239 g/mol. The third kappa shape index (κ3) is 5.10. The summed E-state index contributed by atoms with van der Waals surface area (Å²) in [6.45, 7) is 5.33. The molecule has 0 saturated carbocycles. The standard InChI is InChI=1S/C12H21N3O2/c1-12(2,16-4)5-6-17-11-9-14-10(7-13-3)8-15-11/h8-9,13H,5-7H2,1-4H3. The van der Waals surface area contributed by atoms with Crippen LogP contribution in [0.15, 0.2) is 12.4 Å². The summed E-state index contributed by atoms with van der Waals surface area (Å²) in [5.74, 6) is 0.553. The Kier molecular flexibility index (Phi) is 5.31. The highest BCUT2D eigenvalue weighted by atomic mass is 16.5. The van der Waals surface area contributed by atoms with Crippen molar-refractivity contribution in [3.05, 3.63) is 18.1 Å². The van der Waals surface area contributed by atoms with Gasteiger partial charge in [-0.15, -0.1) is 0 Å². The van der Waals surface area contributed by atoms with Crippen LogP contribution in [0.1, 0.15) is 26.0 Å². The molecule has 96 valence electrons. The molecule has 1 N–H and O–H groups in total. The molecule has 0 bridgehead atoms. The fraction of sp³-hybridized carbons (Fsp3) is 0.667. The zero-order valence-corrected chi connectivity index (χ0v) is 11.0. The normalized spacial score (nSPS) is 11.5. The average Bonchev–Trinajstić information content (AvgIpc) is 2.32. The Bertz CT molecular complexity index is 325. The summed E-state index contributed by atoms with van der Waals surface area (Å²) in [7, 11) is 3.57. The lowest BCUT2D eigenvalue weighted by atomic mass is 10.1. The molecule has 1 rings (SSSR count). The maximum Gasteiger partial charge on any atom is 0.232 e. The molecule has 0 saturated heterocycles. The summed E-state index contributed by atoms with van der Waals surface area (Å²) in [4.78, 5) is 8.40. The zero-order valence-electron chi connectivity index (χ0n) is 11.0. The van der Waals surface area contributed by atoms with E-state index in [-0.39, 0.29) is 5.60 Å². The molecule has 17 heavy (non-hydrogen) atoms. The number of ether oxygens (including phenoxy) is 2. The van der Waals surface area contributed by atoms with Crippen molar-refractivity contribution < 1.29 is 9.47 Å². The number of rotatable bonds is 7. The van der Waals surface area contributed by atoms with E-state index in [1.165, 1.54) is 0 Å². The Labute approximate surface area is 103 Å². The van der Waals surface area contributed by atoms with E-state index < -0.39 is 0 Å². The van der Waals surface area contributed by atoms with Crippen molar-refractivity contribution in [1.29, 1.82) is 0 Å². The summed E-state index contributed by atoms with van der Waals surface area (Å²) in [6.07, 6.45) is 4.17. The molecule has 0 radical (unpaired) electrons. The number of methoxy groups -OCH3 is 1. The average molecular weight is 239 g/mol. The van der Waals surface area contributed by atoms with Gasteiger partial charge in [-0.1, -0.05) is 0 Å². The molecule has 0 aliphatic rings. The lowest BCUT2D eigenvalue weighted by molar-refractivity contribution is 0.00504. The SMILES string of the molecule is CNCc1cnc(OCCC(C)(C)OC)cn1. The first-order valence-electron chi connectivity index (χ1n) is 5.71. The molecular weight excluding hydrogens is 218 g/mol. The molecule has 0 spiro atoms. The lowest BCUT2D eigenvalue weighted by Gasteiger charge is -2.22. The smallest absolute Gasteiger partial charge is 0.232 e. The van der Waals surface area contributed by atoms with Crippen LogP contribution in [0.5, 0.6) is 5.88 Å². The van der Waals surface area contributed by atoms with E-state index in [0.717, 1.165) is 12.1 Å². The van der Waals surface area contributed by atoms with Crippen molar-refractivity contribution in [1.82, 2.24) is 15.3 Å². The van der Waals surface area contributed by atoms with Crippen molar-refractivity contribution in [3.8, 4) is 5.88 Å². The van der Waals surface area contributed by atoms with Crippen LogP contribution in [0.4, 0.5) is 0 Å². The molecule has 5 nitrogen and oxygen atoms in total. The van der Waals surface area contributed by atoms with Crippen molar-refractivity contribution in [3.63, 3.8) is 0 Å². The highest BCUT2D eigenvalue weighted by Gasteiger charge is 2.16. The van der Waals surface area contributed by atoms with Gasteiger partial charge in [0.25, 0.3) is 0 Å². The fourth-order valence-electron chi connectivity index (χ4n) is 1.19. The Balaban J connectivity index is 2.37. The first kappa shape index (κ1) is 13.9. The summed E-state index contributed by atoms with van der Waals surface area (Å²) in [5.41, 5.74) is 0.733.